The van der Waals surface area contributed by atoms with Crippen LogP contribution in [-0.4, -0.2) is 12.3 Å². The Morgan fingerprint density at radius 1 is 0.500 bits per heavy atom. The van der Waals surface area contributed by atoms with Crippen LogP contribution in [0.2, 0.25) is 0 Å². The van der Waals surface area contributed by atoms with Crippen LogP contribution in [0.5, 0.6) is 0 Å². The first-order valence-corrected chi connectivity index (χ1v) is 28.9. The predicted octanol–water partition coefficient (Wildman–Crippen LogP) is 18.3. The lowest BCUT2D eigenvalue weighted by molar-refractivity contribution is 0.195. The summed E-state index contributed by atoms with van der Waals surface area (Å²) in [6.07, 6.45) is 4.72. The molecule has 5 heterocycles. The first kappa shape index (κ1) is 49.1. The minimum atomic E-state index is -0.179. The van der Waals surface area contributed by atoms with Gasteiger partial charge in [0.25, 0.3) is 0 Å². The molecule has 2 atom stereocenters. The van der Waals surface area contributed by atoms with E-state index in [4.69, 9.17) is 4.42 Å². The Balaban J connectivity index is 1.22. The summed E-state index contributed by atoms with van der Waals surface area (Å²) in [7, 11) is 0. The summed E-state index contributed by atoms with van der Waals surface area (Å²) in [5.74, 6) is 0. The van der Waals surface area contributed by atoms with Crippen LogP contribution < -0.4 is 30.6 Å². The van der Waals surface area contributed by atoms with Gasteiger partial charge >= 0.3 is 6.71 Å². The Hall–Kier alpha value is -6.50. The SMILES string of the molecule is CC(C)(C)c1ccc(N2c3cc(N4c5ccccc5C5(C)CCCCC45C)cc4c3B(c3oc5ccc(C(C)(C)C)cc5c32)c2sc3ccc(C(C)(C)C)cc3c2N4c2ccc(C(C)(C)C)cc2-c2ccccc2)cc1. The van der Waals surface area contributed by atoms with Gasteiger partial charge in [0, 0.05) is 59.7 Å². The first-order chi connectivity index (χ1) is 36.0. The van der Waals surface area contributed by atoms with Gasteiger partial charge < -0.3 is 19.1 Å². The summed E-state index contributed by atoms with van der Waals surface area (Å²) in [5, 5.41) is 2.44. The fourth-order valence-electron chi connectivity index (χ4n) is 13.8. The van der Waals surface area contributed by atoms with E-state index in [1.165, 1.54) is 106 Å². The van der Waals surface area contributed by atoms with E-state index in [9.17, 15) is 0 Å². The van der Waals surface area contributed by atoms with Crippen molar-refractivity contribution in [3.8, 4) is 11.1 Å². The van der Waals surface area contributed by atoms with Gasteiger partial charge in [0.1, 0.15) is 11.2 Å². The number of hydrogen-bond acceptors (Lipinski definition) is 5. The summed E-state index contributed by atoms with van der Waals surface area (Å²) in [4.78, 5) is 8.12. The number of nitrogens with zero attached hydrogens (tertiary/aromatic N) is 3. The molecule has 0 spiro atoms. The minimum absolute atomic E-state index is 0.00508. The van der Waals surface area contributed by atoms with Crippen molar-refractivity contribution in [3.05, 3.63) is 173 Å². The van der Waals surface area contributed by atoms with Gasteiger partial charge in [-0.2, -0.15) is 0 Å². The van der Waals surface area contributed by atoms with E-state index in [1.807, 2.05) is 11.3 Å². The fourth-order valence-corrected chi connectivity index (χ4v) is 15.1. The van der Waals surface area contributed by atoms with Gasteiger partial charge in [-0.1, -0.05) is 182 Å². The number of benzene rings is 7. The van der Waals surface area contributed by atoms with Crippen molar-refractivity contribution >= 4 is 101 Å². The molecule has 0 radical (unpaired) electrons. The topological polar surface area (TPSA) is 22.9 Å². The zero-order valence-corrected chi connectivity index (χ0v) is 48.2. The number of fused-ring (bicyclic) bond motifs is 11. The maximum Gasteiger partial charge on any atom is 0.309 e. The third-order valence-corrected chi connectivity index (χ3v) is 19.6. The molecule has 76 heavy (non-hydrogen) atoms. The predicted molar refractivity (Wildman–Crippen MR) is 329 cm³/mol. The highest BCUT2D eigenvalue weighted by Crippen LogP contribution is 2.62. The number of para-hydroxylation sites is 1. The van der Waals surface area contributed by atoms with Gasteiger partial charge in [-0.05, 0) is 147 Å². The molecule has 0 saturated heterocycles. The number of rotatable bonds is 4. The van der Waals surface area contributed by atoms with Crippen molar-refractivity contribution in [2.75, 3.05) is 14.7 Å². The van der Waals surface area contributed by atoms with Crippen LogP contribution in [-0.2, 0) is 27.1 Å². The molecule has 2 unspecified atom stereocenters. The Bertz CT molecular complexity index is 3820. The van der Waals surface area contributed by atoms with Crippen LogP contribution in [0.25, 0.3) is 32.2 Å². The zero-order valence-electron chi connectivity index (χ0n) is 47.4. The molecule has 0 amide bonds. The van der Waals surface area contributed by atoms with Crippen LogP contribution in [0.1, 0.15) is 150 Å². The molecule has 1 saturated carbocycles. The molecule has 3 aliphatic heterocycles. The summed E-state index contributed by atoms with van der Waals surface area (Å²) >= 11 is 1.95. The average molecular weight is 1020 g/mol. The first-order valence-electron chi connectivity index (χ1n) is 28.1. The Labute approximate surface area is 456 Å². The van der Waals surface area contributed by atoms with Crippen LogP contribution >= 0.6 is 11.3 Å². The summed E-state index contributed by atoms with van der Waals surface area (Å²) in [6, 6.07) is 56.8. The molecule has 9 aromatic rings. The minimum Gasteiger partial charge on any atom is -0.468 e. The molecular weight excluding hydrogens is 942 g/mol. The van der Waals surface area contributed by atoms with Gasteiger partial charge in [-0.15, -0.1) is 11.3 Å². The molecule has 6 heteroatoms. The Morgan fingerprint density at radius 3 is 1.76 bits per heavy atom. The molecular formula is C70H74BN3OS. The van der Waals surface area contributed by atoms with E-state index in [2.05, 4.69) is 257 Å². The van der Waals surface area contributed by atoms with E-state index in [0.717, 1.165) is 40.8 Å². The third-order valence-electron chi connectivity index (χ3n) is 18.4. The van der Waals surface area contributed by atoms with Crippen LogP contribution in [0.4, 0.5) is 45.5 Å². The summed E-state index contributed by atoms with van der Waals surface area (Å²) in [6.45, 7) is 33.0. The average Bonchev–Trinajstić information content (AvgIpc) is 4.15. The molecule has 1 aliphatic carbocycles. The highest BCUT2D eigenvalue weighted by Gasteiger charge is 2.58. The van der Waals surface area contributed by atoms with E-state index in [1.54, 1.807) is 0 Å². The quantitative estimate of drug-likeness (QED) is 0.164. The smallest absolute Gasteiger partial charge is 0.309 e. The number of anilines is 8. The van der Waals surface area contributed by atoms with Gasteiger partial charge in [0.2, 0.25) is 0 Å². The van der Waals surface area contributed by atoms with Crippen molar-refractivity contribution < 1.29 is 4.42 Å². The highest BCUT2D eigenvalue weighted by molar-refractivity contribution is 7.33. The molecule has 7 aromatic carbocycles. The van der Waals surface area contributed by atoms with Gasteiger partial charge in [0.15, 0.2) is 0 Å². The van der Waals surface area contributed by atoms with E-state index >= 15 is 0 Å². The lowest BCUT2D eigenvalue weighted by Gasteiger charge is -2.51. The van der Waals surface area contributed by atoms with Crippen molar-refractivity contribution in [2.45, 2.75) is 155 Å². The summed E-state index contributed by atoms with van der Waals surface area (Å²) in [5.41, 5.74) is 21.7. The largest absolute Gasteiger partial charge is 0.468 e. The number of hydrogen-bond donors (Lipinski definition) is 0. The molecule has 0 N–H and O–H groups in total. The van der Waals surface area contributed by atoms with Crippen molar-refractivity contribution in [3.63, 3.8) is 0 Å². The fraction of sp³-hybridized carbons (Fsp3) is 0.343. The number of furan rings is 1. The molecule has 13 rings (SSSR count). The van der Waals surface area contributed by atoms with Crippen molar-refractivity contribution in [1.82, 2.24) is 0 Å². The molecule has 4 aliphatic rings. The van der Waals surface area contributed by atoms with Crippen molar-refractivity contribution in [2.24, 2.45) is 0 Å². The molecule has 2 aromatic heterocycles. The maximum absolute atomic E-state index is 7.57. The highest BCUT2D eigenvalue weighted by atomic mass is 32.1. The van der Waals surface area contributed by atoms with Crippen LogP contribution in [0, 0.1) is 0 Å². The van der Waals surface area contributed by atoms with Crippen LogP contribution in [0.3, 0.4) is 0 Å². The van der Waals surface area contributed by atoms with E-state index in [-0.39, 0.29) is 39.3 Å². The molecule has 4 nitrogen and oxygen atoms in total. The lowest BCUT2D eigenvalue weighted by atomic mass is 9.38. The molecule has 0 bridgehead atoms. The van der Waals surface area contributed by atoms with Crippen molar-refractivity contribution in [1.29, 1.82) is 0 Å². The van der Waals surface area contributed by atoms with E-state index in [0.29, 0.717) is 0 Å². The maximum atomic E-state index is 7.57. The van der Waals surface area contributed by atoms with E-state index < -0.39 is 0 Å². The molecule has 384 valence electrons. The van der Waals surface area contributed by atoms with Gasteiger partial charge in [0.05, 0.1) is 22.6 Å². The third kappa shape index (κ3) is 7.21. The second-order valence-corrected chi connectivity index (χ2v) is 28.4. The van der Waals surface area contributed by atoms with Gasteiger partial charge in [-0.25, -0.2) is 0 Å². The second-order valence-electron chi connectivity index (χ2n) is 27.4. The number of thiophene rings is 1. The standard InChI is InChI=1S/C70H74BN3OS/c1-65(2,3)44-26-31-48(32-27-44)72-56-41-49(74-55-25-19-18-24-53(55)69(13)36-20-21-37-70(69,74)14)42-57-60(56)71(63-61(72)51-39-46(67(7,8)9)29-34-58(51)75-63)64-62(52-40-47(68(10,11)12)30-35-59(52)76-64)73(57)54-33-28-45(66(4,5)6)38-50(54)43-22-16-15-17-23-43/h15-19,22-35,38-42H,20-21,36-37H2,1-14H3. The Morgan fingerprint density at radius 2 is 1.08 bits per heavy atom. The Kier molecular flexibility index (Phi) is 10.7. The van der Waals surface area contributed by atoms with Gasteiger partial charge in [-0.3, -0.25) is 0 Å². The summed E-state index contributed by atoms with van der Waals surface area (Å²) < 4.78 is 10.2. The van der Waals surface area contributed by atoms with Crippen LogP contribution in [0.15, 0.2) is 150 Å². The second kappa shape index (κ2) is 16.5. The lowest BCUT2D eigenvalue weighted by Crippen LogP contribution is -2.60. The monoisotopic (exact) mass is 1020 g/mol. The normalized spacial score (nSPS) is 19.2. The molecule has 1 fully saturated rings. The zero-order chi connectivity index (χ0) is 53.2.